The van der Waals surface area contributed by atoms with Gasteiger partial charge >= 0.3 is 0 Å². The van der Waals surface area contributed by atoms with E-state index in [1.807, 2.05) is 37.3 Å². The summed E-state index contributed by atoms with van der Waals surface area (Å²) < 4.78 is 7.19. The van der Waals surface area contributed by atoms with Gasteiger partial charge in [-0.05, 0) is 30.7 Å². The Labute approximate surface area is 120 Å². The van der Waals surface area contributed by atoms with E-state index >= 15 is 0 Å². The third-order valence-electron chi connectivity index (χ3n) is 2.81. The van der Waals surface area contributed by atoms with Crippen LogP contribution in [0.4, 0.5) is 0 Å². The lowest BCUT2D eigenvalue weighted by atomic mass is 10.1. The molecule has 0 aliphatic heterocycles. The van der Waals surface area contributed by atoms with Gasteiger partial charge in [-0.15, -0.1) is 10.2 Å². The molecule has 0 unspecified atom stereocenters. The highest BCUT2D eigenvalue weighted by Crippen LogP contribution is 2.26. The number of hydrogen-bond donors (Lipinski definition) is 0. The predicted molar refractivity (Wildman–Crippen MR) is 76.9 cm³/mol. The van der Waals surface area contributed by atoms with E-state index in [9.17, 15) is 0 Å². The van der Waals surface area contributed by atoms with Crippen molar-refractivity contribution in [1.29, 1.82) is 0 Å². The van der Waals surface area contributed by atoms with Crippen LogP contribution in [0.3, 0.4) is 0 Å². The number of benzene rings is 1. The van der Waals surface area contributed by atoms with Crippen LogP contribution in [-0.4, -0.2) is 21.1 Å². The maximum Gasteiger partial charge on any atom is 0.147 e. The first kappa shape index (κ1) is 12.6. The molecule has 0 fully saturated rings. The Morgan fingerprint density at radius 2 is 2.00 bits per heavy atom. The minimum absolute atomic E-state index is 0.644. The van der Waals surface area contributed by atoms with E-state index in [4.69, 9.17) is 16.0 Å². The smallest absolute Gasteiger partial charge is 0.147 e. The molecule has 3 aromatic rings. The second kappa shape index (κ2) is 5.30. The number of furan rings is 1. The van der Waals surface area contributed by atoms with E-state index in [2.05, 4.69) is 15.3 Å². The van der Waals surface area contributed by atoms with Crippen molar-refractivity contribution >= 4 is 17.8 Å². The number of halogens is 1. The van der Waals surface area contributed by atoms with Crippen LogP contribution in [0, 0.1) is 6.92 Å². The highest BCUT2D eigenvalue weighted by Gasteiger charge is 2.05. The molecule has 5 nitrogen and oxygen atoms in total. The number of aryl methyl sites for hydroxylation is 1. The zero-order valence-corrected chi connectivity index (χ0v) is 11.4. The first-order valence-electron chi connectivity index (χ1n) is 5.98. The highest BCUT2D eigenvalue weighted by molar-refractivity contribution is 6.31. The van der Waals surface area contributed by atoms with Crippen LogP contribution in [0.2, 0.25) is 5.02 Å². The molecule has 2 heterocycles. The van der Waals surface area contributed by atoms with Crippen LogP contribution in [0.15, 0.2) is 52.5 Å². The summed E-state index contributed by atoms with van der Waals surface area (Å²) >= 11 is 6.11. The monoisotopic (exact) mass is 286 g/mol. The second-order valence-corrected chi connectivity index (χ2v) is 4.66. The molecule has 1 aromatic carbocycles. The number of aromatic nitrogens is 3. The van der Waals surface area contributed by atoms with E-state index < -0.39 is 0 Å². The zero-order chi connectivity index (χ0) is 13.9. The van der Waals surface area contributed by atoms with Gasteiger partial charge in [0.25, 0.3) is 0 Å². The van der Waals surface area contributed by atoms with Gasteiger partial charge in [0.2, 0.25) is 0 Å². The summed E-state index contributed by atoms with van der Waals surface area (Å²) in [7, 11) is 0. The Hall–Kier alpha value is -2.40. The molecule has 0 saturated heterocycles. The molecule has 100 valence electrons. The van der Waals surface area contributed by atoms with Gasteiger partial charge in [0.1, 0.15) is 24.2 Å². The van der Waals surface area contributed by atoms with Gasteiger partial charge in [0.05, 0.1) is 6.21 Å². The maximum atomic E-state index is 6.11. The summed E-state index contributed by atoms with van der Waals surface area (Å²) in [4.78, 5) is 0. The Morgan fingerprint density at radius 3 is 2.75 bits per heavy atom. The lowest BCUT2D eigenvalue weighted by molar-refractivity contribution is 0.574. The Balaban J connectivity index is 1.84. The average Bonchev–Trinajstić information content (AvgIpc) is 3.10. The average molecular weight is 287 g/mol. The molecule has 0 N–H and O–H groups in total. The predicted octanol–water partition coefficient (Wildman–Crippen LogP) is 3.38. The first-order chi connectivity index (χ1) is 9.72. The van der Waals surface area contributed by atoms with E-state index in [1.54, 1.807) is 6.21 Å². The van der Waals surface area contributed by atoms with Crippen LogP contribution in [0.5, 0.6) is 0 Å². The summed E-state index contributed by atoms with van der Waals surface area (Å²) in [6, 6.07) is 9.55. The van der Waals surface area contributed by atoms with Crippen molar-refractivity contribution in [2.45, 2.75) is 6.92 Å². The van der Waals surface area contributed by atoms with Crippen LogP contribution in [-0.2, 0) is 0 Å². The van der Waals surface area contributed by atoms with Gasteiger partial charge in [0, 0.05) is 10.6 Å². The van der Waals surface area contributed by atoms with Crippen LogP contribution >= 0.6 is 11.6 Å². The van der Waals surface area contributed by atoms with E-state index in [0.29, 0.717) is 5.76 Å². The van der Waals surface area contributed by atoms with Gasteiger partial charge in [-0.1, -0.05) is 23.7 Å². The third-order valence-corrected chi connectivity index (χ3v) is 3.22. The lowest BCUT2D eigenvalue weighted by Crippen LogP contribution is -1.84. The van der Waals surface area contributed by atoms with Crippen molar-refractivity contribution < 1.29 is 4.42 Å². The Bertz CT molecular complexity index is 746. The molecule has 2 aromatic heterocycles. The fourth-order valence-corrected chi connectivity index (χ4v) is 1.88. The molecular weight excluding hydrogens is 276 g/mol. The second-order valence-electron chi connectivity index (χ2n) is 4.25. The molecule has 0 radical (unpaired) electrons. The minimum Gasteiger partial charge on any atom is -0.455 e. The Kier molecular flexibility index (Phi) is 3.35. The van der Waals surface area contributed by atoms with Crippen molar-refractivity contribution in [3.63, 3.8) is 0 Å². The van der Waals surface area contributed by atoms with E-state index in [-0.39, 0.29) is 0 Å². The number of nitrogens with zero attached hydrogens (tertiary/aromatic N) is 4. The van der Waals surface area contributed by atoms with Crippen molar-refractivity contribution in [3.05, 3.63) is 59.3 Å². The molecule has 0 bridgehead atoms. The molecule has 0 atom stereocenters. The van der Waals surface area contributed by atoms with Gasteiger partial charge in [-0.3, -0.25) is 0 Å². The third kappa shape index (κ3) is 2.62. The normalized spacial score (nSPS) is 11.3. The number of rotatable bonds is 3. The van der Waals surface area contributed by atoms with Crippen LogP contribution in [0.1, 0.15) is 11.3 Å². The summed E-state index contributed by atoms with van der Waals surface area (Å²) in [5, 5.41) is 12.2. The SMILES string of the molecule is Cc1ccc(-c2ccc(C=Nn3cnnc3)o2)cc1Cl. The summed E-state index contributed by atoms with van der Waals surface area (Å²) in [5.74, 6) is 1.39. The van der Waals surface area contributed by atoms with Crippen molar-refractivity contribution in [2.24, 2.45) is 5.10 Å². The quantitative estimate of drug-likeness (QED) is 0.694. The molecule has 0 saturated carbocycles. The standard InChI is InChI=1S/C14H11ClN4O/c1-10-2-3-11(6-13(10)15)14-5-4-12(20-14)7-18-19-8-16-17-9-19/h2-9H,1H3. The molecule has 0 aliphatic carbocycles. The van der Waals surface area contributed by atoms with E-state index in [0.717, 1.165) is 21.9 Å². The largest absolute Gasteiger partial charge is 0.455 e. The Morgan fingerprint density at radius 1 is 1.20 bits per heavy atom. The zero-order valence-electron chi connectivity index (χ0n) is 10.7. The molecular formula is C14H11ClN4O. The lowest BCUT2D eigenvalue weighted by Gasteiger charge is -2.00. The number of hydrogen-bond acceptors (Lipinski definition) is 4. The van der Waals surface area contributed by atoms with Crippen molar-refractivity contribution in [3.8, 4) is 11.3 Å². The molecule has 0 aliphatic rings. The minimum atomic E-state index is 0.644. The van der Waals surface area contributed by atoms with Gasteiger partial charge in [-0.2, -0.15) is 5.10 Å². The summed E-state index contributed by atoms with van der Waals surface area (Å²) in [5.41, 5.74) is 1.97. The maximum absolute atomic E-state index is 6.11. The van der Waals surface area contributed by atoms with Gasteiger partial charge in [-0.25, -0.2) is 4.68 Å². The molecule has 6 heteroatoms. The van der Waals surface area contributed by atoms with Crippen LogP contribution < -0.4 is 0 Å². The van der Waals surface area contributed by atoms with Gasteiger partial charge in [0.15, 0.2) is 0 Å². The summed E-state index contributed by atoms with van der Waals surface area (Å²) in [6.45, 7) is 1.96. The molecule has 3 rings (SSSR count). The molecule has 0 amide bonds. The van der Waals surface area contributed by atoms with Gasteiger partial charge < -0.3 is 4.42 Å². The molecule has 20 heavy (non-hydrogen) atoms. The topological polar surface area (TPSA) is 56.2 Å². The van der Waals surface area contributed by atoms with Crippen LogP contribution in [0.25, 0.3) is 11.3 Å². The first-order valence-corrected chi connectivity index (χ1v) is 6.35. The highest BCUT2D eigenvalue weighted by atomic mass is 35.5. The molecule has 0 spiro atoms. The summed E-state index contributed by atoms with van der Waals surface area (Å²) in [6.07, 6.45) is 4.60. The van der Waals surface area contributed by atoms with Crippen molar-refractivity contribution in [1.82, 2.24) is 14.9 Å². The fourth-order valence-electron chi connectivity index (χ4n) is 1.70. The van der Waals surface area contributed by atoms with E-state index in [1.165, 1.54) is 17.3 Å². The fraction of sp³-hybridized carbons (Fsp3) is 0.0714. The van der Waals surface area contributed by atoms with Crippen molar-refractivity contribution in [2.75, 3.05) is 0 Å².